The molecule has 0 aliphatic carbocycles. The van der Waals surface area contributed by atoms with Crippen molar-refractivity contribution in [2.75, 3.05) is 13.2 Å². The highest BCUT2D eigenvalue weighted by molar-refractivity contribution is 14.1. The molecule has 0 aromatic rings. The second-order valence-corrected chi connectivity index (χ2v) is 5.29. The van der Waals surface area contributed by atoms with Crippen molar-refractivity contribution in [1.82, 2.24) is 0 Å². The molecule has 0 rings (SSSR count). The molecule has 0 heterocycles. The van der Waals surface area contributed by atoms with Crippen LogP contribution >= 0.6 is 22.6 Å². The minimum atomic E-state index is 0.228. The van der Waals surface area contributed by atoms with Gasteiger partial charge in [0.15, 0.2) is 0 Å². The first-order valence-corrected chi connectivity index (χ1v) is 5.18. The number of alkyl halides is 1. The van der Waals surface area contributed by atoms with E-state index in [4.69, 9.17) is 10.5 Å². The zero-order valence-electron chi connectivity index (χ0n) is 7.56. The van der Waals surface area contributed by atoms with Crippen molar-refractivity contribution in [3.63, 3.8) is 0 Å². The summed E-state index contributed by atoms with van der Waals surface area (Å²) in [7, 11) is 0. The smallest absolute Gasteiger partial charge is 0.106 e. The summed E-state index contributed by atoms with van der Waals surface area (Å²) in [5.41, 5.74) is 5.79. The maximum Gasteiger partial charge on any atom is 0.106 e. The summed E-state index contributed by atoms with van der Waals surface area (Å²) in [6, 6.07) is 0. The summed E-state index contributed by atoms with van der Waals surface area (Å²) in [6.45, 7) is 7.90. The van der Waals surface area contributed by atoms with Gasteiger partial charge in [-0.05, 0) is 25.3 Å². The molecule has 2 N–H and O–H groups in total. The van der Waals surface area contributed by atoms with Gasteiger partial charge in [-0.1, -0.05) is 36.4 Å². The Morgan fingerprint density at radius 2 is 2.09 bits per heavy atom. The van der Waals surface area contributed by atoms with Gasteiger partial charge in [-0.25, -0.2) is 0 Å². The van der Waals surface area contributed by atoms with E-state index in [-0.39, 0.29) is 5.41 Å². The third kappa shape index (κ3) is 7.03. The molecule has 0 radical (unpaired) electrons. The SMILES string of the molecule is CC(I)OCCC(C)(C)CN. The summed E-state index contributed by atoms with van der Waals surface area (Å²) in [6.07, 6.45) is 1.04. The fourth-order valence-corrected chi connectivity index (χ4v) is 0.854. The van der Waals surface area contributed by atoms with Gasteiger partial charge in [-0.3, -0.25) is 0 Å². The number of hydrogen-bond acceptors (Lipinski definition) is 2. The van der Waals surface area contributed by atoms with Crippen LogP contribution in [-0.4, -0.2) is 17.3 Å². The van der Waals surface area contributed by atoms with Crippen LogP contribution in [0, 0.1) is 5.41 Å². The quantitative estimate of drug-likeness (QED) is 0.614. The van der Waals surface area contributed by atoms with Gasteiger partial charge in [0.25, 0.3) is 0 Å². The molecule has 0 saturated carbocycles. The third-order valence-corrected chi connectivity index (χ3v) is 2.04. The first kappa shape index (κ1) is 11.6. The zero-order valence-corrected chi connectivity index (χ0v) is 9.72. The van der Waals surface area contributed by atoms with Crippen LogP contribution in [0.5, 0.6) is 0 Å². The van der Waals surface area contributed by atoms with Gasteiger partial charge in [0, 0.05) is 6.61 Å². The fourth-order valence-electron chi connectivity index (χ4n) is 0.600. The first-order chi connectivity index (χ1) is 4.98. The number of ether oxygens (including phenoxy) is 1. The van der Waals surface area contributed by atoms with Crippen LogP contribution in [0.2, 0.25) is 0 Å². The monoisotopic (exact) mass is 271 g/mol. The molecule has 0 saturated heterocycles. The Balaban J connectivity index is 3.38. The van der Waals surface area contributed by atoms with Crippen molar-refractivity contribution >= 4 is 22.6 Å². The summed E-state index contributed by atoms with van der Waals surface area (Å²) < 4.78 is 5.72. The summed E-state index contributed by atoms with van der Waals surface area (Å²) in [5, 5.41) is 0. The molecule has 0 aliphatic heterocycles. The minimum Gasteiger partial charge on any atom is -0.368 e. The highest BCUT2D eigenvalue weighted by Crippen LogP contribution is 2.18. The number of halogens is 1. The third-order valence-electron chi connectivity index (χ3n) is 1.68. The molecular weight excluding hydrogens is 253 g/mol. The van der Waals surface area contributed by atoms with Gasteiger partial charge in [0.1, 0.15) is 4.11 Å². The lowest BCUT2D eigenvalue weighted by molar-refractivity contribution is 0.106. The van der Waals surface area contributed by atoms with Crippen molar-refractivity contribution in [2.45, 2.75) is 31.3 Å². The molecule has 3 heteroatoms. The Bertz CT molecular complexity index is 104. The summed E-state index contributed by atoms with van der Waals surface area (Å²) in [5.74, 6) is 0. The van der Waals surface area contributed by atoms with Crippen LogP contribution in [0.1, 0.15) is 27.2 Å². The lowest BCUT2D eigenvalue weighted by atomic mass is 9.90. The van der Waals surface area contributed by atoms with Gasteiger partial charge in [-0.2, -0.15) is 0 Å². The second-order valence-electron chi connectivity index (χ2n) is 3.53. The van der Waals surface area contributed by atoms with Crippen LogP contribution < -0.4 is 5.73 Å². The number of rotatable bonds is 5. The van der Waals surface area contributed by atoms with Crippen LogP contribution in [0.3, 0.4) is 0 Å². The topological polar surface area (TPSA) is 35.2 Å². The Labute approximate surface area is 83.0 Å². The van der Waals surface area contributed by atoms with Gasteiger partial charge in [0.2, 0.25) is 0 Å². The second kappa shape index (κ2) is 5.32. The molecule has 0 fully saturated rings. The van der Waals surface area contributed by atoms with Crippen molar-refractivity contribution in [1.29, 1.82) is 0 Å². The minimum absolute atomic E-state index is 0.228. The predicted molar refractivity (Wildman–Crippen MR) is 56.9 cm³/mol. The molecule has 0 amide bonds. The van der Waals surface area contributed by atoms with E-state index < -0.39 is 0 Å². The largest absolute Gasteiger partial charge is 0.368 e. The van der Waals surface area contributed by atoms with E-state index >= 15 is 0 Å². The molecule has 0 bridgehead atoms. The van der Waals surface area contributed by atoms with Crippen molar-refractivity contribution in [3.05, 3.63) is 0 Å². The molecule has 0 aliphatic rings. The standard InChI is InChI=1S/C8H18INO/c1-7(9)11-5-4-8(2,3)6-10/h7H,4-6,10H2,1-3H3. The number of nitrogens with two attached hydrogens (primary N) is 1. The van der Waals surface area contributed by atoms with Crippen LogP contribution in [-0.2, 0) is 4.74 Å². The van der Waals surface area contributed by atoms with Gasteiger partial charge < -0.3 is 10.5 Å². The van der Waals surface area contributed by atoms with E-state index in [1.807, 2.05) is 6.92 Å². The first-order valence-electron chi connectivity index (χ1n) is 3.94. The summed E-state index contributed by atoms with van der Waals surface area (Å²) >= 11 is 2.25. The molecule has 0 aromatic heterocycles. The lowest BCUT2D eigenvalue weighted by Gasteiger charge is -2.22. The van der Waals surface area contributed by atoms with Crippen molar-refractivity contribution in [3.8, 4) is 0 Å². The van der Waals surface area contributed by atoms with E-state index in [2.05, 4.69) is 36.4 Å². The molecule has 0 aromatic carbocycles. The van der Waals surface area contributed by atoms with Gasteiger partial charge >= 0.3 is 0 Å². The average Bonchev–Trinajstić information content (AvgIpc) is 1.87. The van der Waals surface area contributed by atoms with Gasteiger partial charge in [-0.15, -0.1) is 0 Å². The zero-order chi connectivity index (χ0) is 8.91. The van der Waals surface area contributed by atoms with E-state index in [0.29, 0.717) is 4.11 Å². The van der Waals surface area contributed by atoms with Crippen molar-refractivity contribution < 1.29 is 4.74 Å². The molecule has 1 atom stereocenters. The average molecular weight is 271 g/mol. The Morgan fingerprint density at radius 1 is 1.55 bits per heavy atom. The Kier molecular flexibility index (Phi) is 5.64. The maximum absolute atomic E-state index is 5.57. The lowest BCUT2D eigenvalue weighted by Crippen LogP contribution is -2.25. The van der Waals surface area contributed by atoms with Crippen LogP contribution in [0.25, 0.3) is 0 Å². The van der Waals surface area contributed by atoms with Crippen LogP contribution in [0.15, 0.2) is 0 Å². The van der Waals surface area contributed by atoms with Crippen LogP contribution in [0.4, 0.5) is 0 Å². The molecular formula is C8H18INO. The molecule has 2 nitrogen and oxygen atoms in total. The van der Waals surface area contributed by atoms with E-state index in [0.717, 1.165) is 19.6 Å². The molecule has 0 spiro atoms. The Morgan fingerprint density at radius 3 is 2.45 bits per heavy atom. The predicted octanol–water partition coefficient (Wildman–Crippen LogP) is 2.16. The highest BCUT2D eigenvalue weighted by atomic mass is 127. The maximum atomic E-state index is 5.57. The highest BCUT2D eigenvalue weighted by Gasteiger charge is 2.14. The number of hydrogen-bond donors (Lipinski definition) is 1. The normalized spacial score (nSPS) is 15.0. The van der Waals surface area contributed by atoms with E-state index in [1.165, 1.54) is 0 Å². The van der Waals surface area contributed by atoms with Gasteiger partial charge in [0.05, 0.1) is 0 Å². The van der Waals surface area contributed by atoms with E-state index in [9.17, 15) is 0 Å². The van der Waals surface area contributed by atoms with Crippen molar-refractivity contribution in [2.24, 2.45) is 11.1 Å². The summed E-state index contributed by atoms with van der Waals surface area (Å²) in [4.78, 5) is 0. The Hall–Kier alpha value is 0.650. The van der Waals surface area contributed by atoms with E-state index in [1.54, 1.807) is 0 Å². The molecule has 1 unspecified atom stereocenters. The fraction of sp³-hybridized carbons (Fsp3) is 1.00. The molecule has 11 heavy (non-hydrogen) atoms. The molecule has 68 valence electrons.